The fourth-order valence-electron chi connectivity index (χ4n) is 0.642. The van der Waals surface area contributed by atoms with Crippen LogP contribution in [0.5, 0.6) is 0 Å². The average Bonchev–Trinajstić information content (AvgIpc) is 2.67. The zero-order chi connectivity index (χ0) is 7.07. The smallest absolute Gasteiger partial charge is 0.0973 e. The van der Waals surface area contributed by atoms with Gasteiger partial charge in [-0.25, -0.2) is 0 Å². The van der Waals surface area contributed by atoms with Crippen molar-refractivity contribution in [3.63, 3.8) is 0 Å². The van der Waals surface area contributed by atoms with Crippen LogP contribution in [-0.2, 0) is 0 Å². The molecule has 0 amide bonds. The molecule has 0 atom stereocenters. The van der Waals surface area contributed by atoms with Crippen molar-refractivity contribution in [2.24, 2.45) is 0 Å². The molecule has 0 saturated carbocycles. The molecular formula is C8H14N2O2. The molecule has 68 valence electrons. The Bertz CT molecular complexity index is 153. The molecular weight excluding hydrogens is 156 g/mol. The predicted octanol–water partition coefficient (Wildman–Crippen LogP) is -1.17. The highest BCUT2D eigenvalue weighted by molar-refractivity contribution is 4.99. The molecule has 0 aromatic heterocycles. The summed E-state index contributed by atoms with van der Waals surface area (Å²) in [5.74, 6) is 0. The second-order valence-corrected chi connectivity index (χ2v) is 1.92. The Morgan fingerprint density at radius 1 is 0.500 bits per heavy atom. The topological polar surface area (TPSA) is 93.2 Å². The first kappa shape index (κ1) is 13.4. The lowest BCUT2D eigenvalue weighted by Gasteiger charge is -1.61. The van der Waals surface area contributed by atoms with Gasteiger partial charge >= 0.3 is 0 Å². The Kier molecular flexibility index (Phi) is 10.9. The maximum Gasteiger partial charge on any atom is 0.0973 e. The van der Waals surface area contributed by atoms with Gasteiger partial charge in [-0.05, 0) is 24.3 Å². The molecule has 4 nitrogen and oxygen atoms in total. The van der Waals surface area contributed by atoms with E-state index in [-0.39, 0.29) is 11.0 Å². The molecule has 0 aromatic carbocycles. The molecule has 0 spiro atoms. The van der Waals surface area contributed by atoms with E-state index in [1.807, 2.05) is 59.7 Å². The van der Waals surface area contributed by atoms with E-state index in [1.165, 1.54) is 0 Å². The molecule has 0 aromatic rings. The molecule has 0 unspecified atom stereocenters. The largest absolute Gasteiger partial charge is 0.870 e. The van der Waals surface area contributed by atoms with E-state index in [1.54, 1.807) is 0 Å². The Hall–Kier alpha value is -1.20. The number of rotatable bonds is 0. The SMILES string of the molecule is C1=C[NH2+]C=C1.C1=C[NH2+]C=C1.[OH-].[OH-]. The van der Waals surface area contributed by atoms with Crippen LogP contribution in [0.3, 0.4) is 0 Å². The second-order valence-electron chi connectivity index (χ2n) is 1.92. The first-order chi connectivity index (χ1) is 5.00. The maximum atomic E-state index is 2.00. The predicted molar refractivity (Wildman–Crippen MR) is 44.3 cm³/mol. The van der Waals surface area contributed by atoms with Crippen molar-refractivity contribution in [1.82, 2.24) is 0 Å². The molecule has 0 aliphatic carbocycles. The number of allylic oxidation sites excluding steroid dienone is 4. The summed E-state index contributed by atoms with van der Waals surface area (Å²) in [7, 11) is 0. The highest BCUT2D eigenvalue weighted by Gasteiger charge is 1.75. The van der Waals surface area contributed by atoms with Crippen LogP contribution in [0.15, 0.2) is 49.1 Å². The zero-order valence-corrected chi connectivity index (χ0v) is 6.67. The van der Waals surface area contributed by atoms with Gasteiger partial charge in [0, 0.05) is 0 Å². The summed E-state index contributed by atoms with van der Waals surface area (Å²) in [4.78, 5) is 0. The summed E-state index contributed by atoms with van der Waals surface area (Å²) in [5, 5.41) is 4.00. The van der Waals surface area contributed by atoms with Gasteiger partial charge in [0.25, 0.3) is 0 Å². The van der Waals surface area contributed by atoms with Crippen molar-refractivity contribution >= 4 is 0 Å². The van der Waals surface area contributed by atoms with Crippen molar-refractivity contribution < 1.29 is 21.6 Å². The summed E-state index contributed by atoms with van der Waals surface area (Å²) in [5.41, 5.74) is 0. The Morgan fingerprint density at radius 3 is 0.833 bits per heavy atom. The third kappa shape index (κ3) is 6.91. The van der Waals surface area contributed by atoms with Crippen LogP contribution in [0, 0.1) is 0 Å². The molecule has 2 heterocycles. The Labute approximate surface area is 71.6 Å². The third-order valence-electron chi connectivity index (χ3n) is 1.11. The lowest BCUT2D eigenvalue weighted by Crippen LogP contribution is -2.69. The van der Waals surface area contributed by atoms with Crippen LogP contribution in [-0.4, -0.2) is 11.0 Å². The van der Waals surface area contributed by atoms with Gasteiger partial charge in [0.15, 0.2) is 0 Å². The van der Waals surface area contributed by atoms with E-state index in [2.05, 4.69) is 0 Å². The van der Waals surface area contributed by atoms with E-state index in [4.69, 9.17) is 0 Å². The summed E-state index contributed by atoms with van der Waals surface area (Å²) < 4.78 is 0. The Morgan fingerprint density at radius 2 is 0.750 bits per heavy atom. The molecule has 2 rings (SSSR count). The number of hydrogen-bond acceptors (Lipinski definition) is 2. The second kappa shape index (κ2) is 9.80. The van der Waals surface area contributed by atoms with Crippen LogP contribution in [0.2, 0.25) is 0 Å². The van der Waals surface area contributed by atoms with Gasteiger partial charge in [0.05, 0.1) is 24.8 Å². The third-order valence-corrected chi connectivity index (χ3v) is 1.11. The molecule has 0 fully saturated rings. The minimum atomic E-state index is 0. The van der Waals surface area contributed by atoms with E-state index >= 15 is 0 Å². The van der Waals surface area contributed by atoms with Crippen LogP contribution in [0.25, 0.3) is 0 Å². The number of nitrogens with two attached hydrogens (primary N) is 2. The highest BCUT2D eigenvalue weighted by atomic mass is 16.0. The van der Waals surface area contributed by atoms with Crippen molar-refractivity contribution in [3.8, 4) is 0 Å². The van der Waals surface area contributed by atoms with E-state index in [0.717, 1.165) is 0 Å². The highest BCUT2D eigenvalue weighted by Crippen LogP contribution is 1.68. The van der Waals surface area contributed by atoms with Crippen molar-refractivity contribution in [2.45, 2.75) is 0 Å². The maximum absolute atomic E-state index is 2.00. The van der Waals surface area contributed by atoms with Gasteiger partial charge in [-0.1, -0.05) is 0 Å². The first-order valence-corrected chi connectivity index (χ1v) is 3.33. The summed E-state index contributed by atoms with van der Waals surface area (Å²) in [6.45, 7) is 0. The van der Waals surface area contributed by atoms with Gasteiger partial charge in [0.1, 0.15) is 0 Å². The minimum Gasteiger partial charge on any atom is -0.870 e. The number of quaternary nitrogens is 2. The number of hydrogen-bond donors (Lipinski definition) is 2. The van der Waals surface area contributed by atoms with E-state index in [0.29, 0.717) is 0 Å². The van der Waals surface area contributed by atoms with Gasteiger partial charge in [-0.15, -0.1) is 0 Å². The first-order valence-electron chi connectivity index (χ1n) is 3.33. The van der Waals surface area contributed by atoms with Crippen LogP contribution < -0.4 is 10.6 Å². The molecule has 4 heteroatoms. The minimum absolute atomic E-state index is 0. The monoisotopic (exact) mass is 170 g/mol. The quantitative estimate of drug-likeness (QED) is 0.479. The summed E-state index contributed by atoms with van der Waals surface area (Å²) in [6.07, 6.45) is 16.0. The standard InChI is InChI=1S/2C4H5N.2H2O/c2*1-2-4-5-3-1;;/h2*1-5H;2*1H2. The normalized spacial score (nSPS) is 14.7. The molecule has 2 aliphatic heterocycles. The fraction of sp³-hybridized carbons (Fsp3) is 0. The molecule has 2 aliphatic rings. The molecule has 0 bridgehead atoms. The summed E-state index contributed by atoms with van der Waals surface area (Å²) >= 11 is 0. The van der Waals surface area contributed by atoms with Crippen LogP contribution in [0.4, 0.5) is 0 Å². The van der Waals surface area contributed by atoms with Gasteiger partial charge < -0.3 is 11.0 Å². The van der Waals surface area contributed by atoms with Crippen LogP contribution in [0.1, 0.15) is 0 Å². The lowest BCUT2D eigenvalue weighted by atomic mass is 10.6. The average molecular weight is 170 g/mol. The summed E-state index contributed by atoms with van der Waals surface area (Å²) in [6, 6.07) is 0. The van der Waals surface area contributed by atoms with Gasteiger partial charge in [0.2, 0.25) is 0 Å². The molecule has 0 radical (unpaired) electrons. The Balaban J connectivity index is 0. The molecule has 0 saturated heterocycles. The van der Waals surface area contributed by atoms with Crippen molar-refractivity contribution in [3.05, 3.63) is 49.1 Å². The fourth-order valence-corrected chi connectivity index (χ4v) is 0.642. The molecule has 6 N–H and O–H groups in total. The molecule has 12 heavy (non-hydrogen) atoms. The van der Waals surface area contributed by atoms with E-state index in [9.17, 15) is 0 Å². The zero-order valence-electron chi connectivity index (χ0n) is 6.67. The van der Waals surface area contributed by atoms with Gasteiger partial charge in [-0.2, -0.15) is 0 Å². The lowest BCUT2D eigenvalue weighted by molar-refractivity contribution is -0.510. The van der Waals surface area contributed by atoms with Crippen LogP contribution >= 0.6 is 0 Å². The van der Waals surface area contributed by atoms with E-state index < -0.39 is 0 Å². The van der Waals surface area contributed by atoms with Crippen molar-refractivity contribution in [2.75, 3.05) is 0 Å². The van der Waals surface area contributed by atoms with Gasteiger partial charge in [-0.3, -0.25) is 10.6 Å². The van der Waals surface area contributed by atoms with Crippen molar-refractivity contribution in [1.29, 1.82) is 0 Å².